The minimum atomic E-state index is -0.545. The summed E-state index contributed by atoms with van der Waals surface area (Å²) in [5.74, 6) is 1.27. The third-order valence-electron chi connectivity index (χ3n) is 4.56. The Morgan fingerprint density at radius 2 is 2.08 bits per heavy atom. The van der Waals surface area contributed by atoms with Crippen LogP contribution in [0.4, 0.5) is 5.82 Å². The fourth-order valence-electron chi connectivity index (χ4n) is 3.21. The SMILES string of the molecule is CC[C@H](C(=O)NCc1ccc(OC)cc1)N1C(=O)CCn2nc(C)cc21. The number of benzene rings is 1. The van der Waals surface area contributed by atoms with Gasteiger partial charge in [0.05, 0.1) is 19.3 Å². The molecule has 2 aromatic rings. The Bertz CT molecular complexity index is 798. The summed E-state index contributed by atoms with van der Waals surface area (Å²) in [6, 6.07) is 8.84. The van der Waals surface area contributed by atoms with E-state index >= 15 is 0 Å². The molecule has 26 heavy (non-hydrogen) atoms. The van der Waals surface area contributed by atoms with Crippen molar-refractivity contribution in [3.8, 4) is 5.75 Å². The molecule has 0 spiro atoms. The van der Waals surface area contributed by atoms with E-state index in [4.69, 9.17) is 4.74 Å². The van der Waals surface area contributed by atoms with Crippen molar-refractivity contribution in [2.24, 2.45) is 0 Å². The average molecular weight is 356 g/mol. The van der Waals surface area contributed by atoms with Crippen LogP contribution in [0.2, 0.25) is 0 Å². The van der Waals surface area contributed by atoms with Crippen LogP contribution in [0.1, 0.15) is 31.0 Å². The van der Waals surface area contributed by atoms with Gasteiger partial charge in [0, 0.05) is 19.0 Å². The zero-order chi connectivity index (χ0) is 18.7. The number of nitrogens with one attached hydrogen (secondary N) is 1. The highest BCUT2D eigenvalue weighted by molar-refractivity contribution is 6.00. The fraction of sp³-hybridized carbons (Fsp3) is 0.421. The number of aromatic nitrogens is 2. The Morgan fingerprint density at radius 3 is 2.73 bits per heavy atom. The molecule has 0 fully saturated rings. The normalized spacial score (nSPS) is 14.7. The maximum absolute atomic E-state index is 12.8. The van der Waals surface area contributed by atoms with Crippen LogP contribution in [0.3, 0.4) is 0 Å². The number of carbonyl (C=O) groups is 2. The van der Waals surface area contributed by atoms with Gasteiger partial charge in [0.1, 0.15) is 17.6 Å². The molecule has 7 nitrogen and oxygen atoms in total. The number of nitrogens with zero attached hydrogens (tertiary/aromatic N) is 3. The predicted octanol–water partition coefficient (Wildman–Crippen LogP) is 2.03. The molecule has 138 valence electrons. The Balaban J connectivity index is 1.73. The number of aryl methyl sites for hydroxylation is 2. The molecular weight excluding hydrogens is 332 g/mol. The second-order valence-electron chi connectivity index (χ2n) is 6.37. The number of amides is 2. The molecule has 1 atom stereocenters. The van der Waals surface area contributed by atoms with Gasteiger partial charge in [-0.25, -0.2) is 4.68 Å². The molecule has 1 aliphatic heterocycles. The number of ether oxygens (including phenoxy) is 1. The van der Waals surface area contributed by atoms with E-state index in [9.17, 15) is 9.59 Å². The summed E-state index contributed by atoms with van der Waals surface area (Å²) >= 11 is 0. The van der Waals surface area contributed by atoms with Crippen molar-refractivity contribution in [3.63, 3.8) is 0 Å². The van der Waals surface area contributed by atoms with Gasteiger partial charge in [-0.05, 0) is 31.0 Å². The lowest BCUT2D eigenvalue weighted by Gasteiger charge is -2.33. The molecule has 1 aliphatic rings. The van der Waals surface area contributed by atoms with Gasteiger partial charge in [0.2, 0.25) is 11.8 Å². The predicted molar refractivity (Wildman–Crippen MR) is 98.0 cm³/mol. The maximum atomic E-state index is 12.8. The molecule has 0 aliphatic carbocycles. The third kappa shape index (κ3) is 3.56. The van der Waals surface area contributed by atoms with E-state index in [-0.39, 0.29) is 11.8 Å². The molecule has 1 aromatic heterocycles. The van der Waals surface area contributed by atoms with Crippen molar-refractivity contribution >= 4 is 17.6 Å². The Kier molecular flexibility index (Phi) is 5.25. The molecule has 0 saturated carbocycles. The van der Waals surface area contributed by atoms with Gasteiger partial charge in [-0.1, -0.05) is 19.1 Å². The smallest absolute Gasteiger partial charge is 0.243 e. The summed E-state index contributed by atoms with van der Waals surface area (Å²) in [6.45, 7) is 4.76. The second kappa shape index (κ2) is 7.59. The summed E-state index contributed by atoms with van der Waals surface area (Å²) in [4.78, 5) is 26.9. The Labute approximate surface area is 152 Å². The summed E-state index contributed by atoms with van der Waals surface area (Å²) in [5, 5.41) is 7.34. The average Bonchev–Trinajstić information content (AvgIpc) is 3.03. The minimum absolute atomic E-state index is 0.0381. The van der Waals surface area contributed by atoms with E-state index in [1.54, 1.807) is 16.7 Å². The first-order valence-electron chi connectivity index (χ1n) is 8.80. The van der Waals surface area contributed by atoms with Crippen LogP contribution in [0.5, 0.6) is 5.75 Å². The first-order chi connectivity index (χ1) is 12.5. The molecule has 7 heteroatoms. The van der Waals surface area contributed by atoms with Crippen LogP contribution >= 0.6 is 0 Å². The fourth-order valence-corrected chi connectivity index (χ4v) is 3.21. The molecule has 2 amide bonds. The zero-order valence-corrected chi connectivity index (χ0v) is 15.4. The van der Waals surface area contributed by atoms with Gasteiger partial charge in [-0.2, -0.15) is 5.10 Å². The van der Waals surface area contributed by atoms with Gasteiger partial charge in [-0.15, -0.1) is 0 Å². The molecule has 2 heterocycles. The summed E-state index contributed by atoms with van der Waals surface area (Å²) in [7, 11) is 1.62. The number of methoxy groups -OCH3 is 1. The topological polar surface area (TPSA) is 76.5 Å². The zero-order valence-electron chi connectivity index (χ0n) is 15.4. The van der Waals surface area contributed by atoms with Crippen LogP contribution < -0.4 is 15.0 Å². The molecule has 3 rings (SSSR count). The van der Waals surface area contributed by atoms with E-state index in [1.807, 2.05) is 44.2 Å². The monoisotopic (exact) mass is 356 g/mol. The van der Waals surface area contributed by atoms with Crippen LogP contribution in [-0.2, 0) is 22.7 Å². The summed E-state index contributed by atoms with van der Waals surface area (Å²) in [5.41, 5.74) is 1.81. The van der Waals surface area contributed by atoms with Gasteiger partial charge < -0.3 is 10.1 Å². The lowest BCUT2D eigenvalue weighted by molar-refractivity contribution is -0.127. The second-order valence-corrected chi connectivity index (χ2v) is 6.37. The molecule has 1 aromatic carbocycles. The van der Waals surface area contributed by atoms with Crippen molar-refractivity contribution in [2.75, 3.05) is 12.0 Å². The first-order valence-corrected chi connectivity index (χ1v) is 8.80. The van der Waals surface area contributed by atoms with Crippen LogP contribution in [0.15, 0.2) is 30.3 Å². The van der Waals surface area contributed by atoms with Crippen LogP contribution in [0.25, 0.3) is 0 Å². The van der Waals surface area contributed by atoms with E-state index in [2.05, 4.69) is 10.4 Å². The minimum Gasteiger partial charge on any atom is -0.497 e. The first kappa shape index (κ1) is 18.0. The third-order valence-corrected chi connectivity index (χ3v) is 4.56. The van der Waals surface area contributed by atoms with Crippen molar-refractivity contribution < 1.29 is 14.3 Å². The van der Waals surface area contributed by atoms with Crippen molar-refractivity contribution in [2.45, 2.75) is 45.8 Å². The van der Waals surface area contributed by atoms with E-state index in [0.29, 0.717) is 31.7 Å². The molecule has 0 bridgehead atoms. The highest BCUT2D eigenvalue weighted by atomic mass is 16.5. The molecule has 1 N–H and O–H groups in total. The Morgan fingerprint density at radius 1 is 1.35 bits per heavy atom. The molecule has 0 unspecified atom stereocenters. The number of carbonyl (C=O) groups excluding carboxylic acids is 2. The largest absolute Gasteiger partial charge is 0.497 e. The lowest BCUT2D eigenvalue weighted by atomic mass is 10.1. The quantitative estimate of drug-likeness (QED) is 0.859. The van der Waals surface area contributed by atoms with Crippen LogP contribution in [-0.4, -0.2) is 34.7 Å². The standard InChI is InChI=1S/C19H24N4O3/c1-4-16(19(25)20-12-14-5-7-15(26-3)8-6-14)23-17-11-13(2)21-22(17)10-9-18(23)24/h5-8,11,16H,4,9-10,12H2,1-3H3,(H,20,25)/t16-/m1/s1. The molecule has 0 radical (unpaired) electrons. The number of anilines is 1. The highest BCUT2D eigenvalue weighted by Crippen LogP contribution is 2.26. The molecule has 0 saturated heterocycles. The number of hydrogen-bond acceptors (Lipinski definition) is 4. The van der Waals surface area contributed by atoms with Crippen molar-refractivity contribution in [1.82, 2.24) is 15.1 Å². The Hall–Kier alpha value is -2.83. The van der Waals surface area contributed by atoms with Gasteiger partial charge >= 0.3 is 0 Å². The number of hydrogen-bond donors (Lipinski definition) is 1. The number of rotatable bonds is 6. The molecular formula is C19H24N4O3. The van der Waals surface area contributed by atoms with E-state index in [0.717, 1.165) is 17.0 Å². The van der Waals surface area contributed by atoms with Crippen molar-refractivity contribution in [3.05, 3.63) is 41.6 Å². The maximum Gasteiger partial charge on any atom is 0.243 e. The van der Waals surface area contributed by atoms with Gasteiger partial charge in [0.15, 0.2) is 0 Å². The van der Waals surface area contributed by atoms with E-state index < -0.39 is 6.04 Å². The highest BCUT2D eigenvalue weighted by Gasteiger charge is 2.34. The van der Waals surface area contributed by atoms with Crippen LogP contribution in [0, 0.1) is 6.92 Å². The van der Waals surface area contributed by atoms with Gasteiger partial charge in [-0.3, -0.25) is 14.5 Å². The summed E-state index contributed by atoms with van der Waals surface area (Å²) < 4.78 is 6.94. The van der Waals surface area contributed by atoms with E-state index in [1.165, 1.54) is 0 Å². The lowest BCUT2D eigenvalue weighted by Crippen LogP contribution is -2.52. The van der Waals surface area contributed by atoms with Gasteiger partial charge in [0.25, 0.3) is 0 Å². The number of fused-ring (bicyclic) bond motifs is 1. The van der Waals surface area contributed by atoms with Crippen molar-refractivity contribution in [1.29, 1.82) is 0 Å². The summed E-state index contributed by atoms with van der Waals surface area (Å²) in [6.07, 6.45) is 0.890.